The van der Waals surface area contributed by atoms with Gasteiger partial charge in [-0.25, -0.2) is 0 Å². The molecule has 0 aromatic heterocycles. The second kappa shape index (κ2) is 6.83. The lowest BCUT2D eigenvalue weighted by molar-refractivity contribution is 0.0671. The van der Waals surface area contributed by atoms with Crippen molar-refractivity contribution >= 4 is 11.6 Å². The minimum atomic E-state index is -0.000835. The van der Waals surface area contributed by atoms with Crippen LogP contribution in [0.25, 0.3) is 0 Å². The van der Waals surface area contributed by atoms with Crippen molar-refractivity contribution in [2.45, 2.75) is 45.1 Å². The van der Waals surface area contributed by atoms with Crippen LogP contribution in [-0.4, -0.2) is 31.0 Å². The Kier molecular flexibility index (Phi) is 5.10. The first-order chi connectivity index (χ1) is 10.1. The van der Waals surface area contributed by atoms with Crippen LogP contribution in [0.3, 0.4) is 0 Å². The zero-order valence-electron chi connectivity index (χ0n) is 13.3. The molecule has 1 aromatic carbocycles. The molecule has 0 radical (unpaired) electrons. The molecule has 116 valence electrons. The third-order valence-electron chi connectivity index (χ3n) is 4.72. The average Bonchev–Trinajstić information content (AvgIpc) is 2.53. The zero-order chi connectivity index (χ0) is 15.4. The van der Waals surface area contributed by atoms with E-state index in [0.29, 0.717) is 23.0 Å². The minimum Gasteiger partial charge on any atom is -0.496 e. The lowest BCUT2D eigenvalue weighted by atomic mass is 9.84. The van der Waals surface area contributed by atoms with Crippen molar-refractivity contribution in [3.05, 3.63) is 23.8 Å². The second-order valence-electron chi connectivity index (χ2n) is 5.96. The summed E-state index contributed by atoms with van der Waals surface area (Å²) in [4.78, 5) is 14.6. The van der Waals surface area contributed by atoms with Gasteiger partial charge >= 0.3 is 0 Å². The topological polar surface area (TPSA) is 55.6 Å². The number of carbonyl (C=O) groups excluding carboxylic acids is 1. The number of hydrogen-bond acceptors (Lipinski definition) is 3. The molecule has 4 nitrogen and oxygen atoms in total. The number of anilines is 1. The molecule has 2 N–H and O–H groups in total. The zero-order valence-corrected chi connectivity index (χ0v) is 13.3. The maximum Gasteiger partial charge on any atom is 0.257 e. The molecular weight excluding hydrogens is 264 g/mol. The van der Waals surface area contributed by atoms with E-state index in [1.54, 1.807) is 25.3 Å². The van der Waals surface area contributed by atoms with Crippen LogP contribution in [0, 0.1) is 5.92 Å². The van der Waals surface area contributed by atoms with Gasteiger partial charge in [0.1, 0.15) is 5.75 Å². The Morgan fingerprint density at radius 3 is 2.57 bits per heavy atom. The lowest BCUT2D eigenvalue weighted by Crippen LogP contribution is -2.39. The summed E-state index contributed by atoms with van der Waals surface area (Å²) in [7, 11) is 3.47. The number of hydrogen-bond donors (Lipinski definition) is 1. The molecule has 1 aromatic rings. The molecule has 0 spiro atoms. The molecule has 1 amide bonds. The number of benzene rings is 1. The van der Waals surface area contributed by atoms with Crippen LogP contribution in [0.5, 0.6) is 5.75 Å². The molecule has 0 saturated heterocycles. The van der Waals surface area contributed by atoms with Gasteiger partial charge in [0.2, 0.25) is 0 Å². The number of amides is 1. The highest BCUT2D eigenvalue weighted by Gasteiger charge is 2.27. The highest BCUT2D eigenvalue weighted by atomic mass is 16.5. The van der Waals surface area contributed by atoms with Gasteiger partial charge in [-0.15, -0.1) is 0 Å². The van der Waals surface area contributed by atoms with Gasteiger partial charge in [-0.1, -0.05) is 13.3 Å². The standard InChI is InChI=1S/C17H26N2O2/c1-4-12-5-8-14(9-6-12)19(2)17(20)15-11-13(18)7-10-16(15)21-3/h7,10-12,14H,4-6,8-9,18H2,1-3H3. The summed E-state index contributed by atoms with van der Waals surface area (Å²) in [5, 5.41) is 0. The van der Waals surface area contributed by atoms with Crippen molar-refractivity contribution in [3.8, 4) is 5.75 Å². The summed E-state index contributed by atoms with van der Waals surface area (Å²) in [6, 6.07) is 5.54. The fourth-order valence-electron chi connectivity index (χ4n) is 3.19. The average molecular weight is 290 g/mol. The molecule has 0 unspecified atom stereocenters. The van der Waals surface area contributed by atoms with Gasteiger partial charge < -0.3 is 15.4 Å². The van der Waals surface area contributed by atoms with E-state index in [9.17, 15) is 4.79 Å². The fourth-order valence-corrected chi connectivity index (χ4v) is 3.19. The van der Waals surface area contributed by atoms with Crippen LogP contribution >= 0.6 is 0 Å². The van der Waals surface area contributed by atoms with Crippen LogP contribution in [0.1, 0.15) is 49.4 Å². The molecular formula is C17H26N2O2. The smallest absolute Gasteiger partial charge is 0.257 e. The molecule has 21 heavy (non-hydrogen) atoms. The molecule has 1 saturated carbocycles. The van der Waals surface area contributed by atoms with Crippen LogP contribution < -0.4 is 10.5 Å². The van der Waals surface area contributed by atoms with Gasteiger partial charge in [-0.05, 0) is 49.8 Å². The Bertz CT molecular complexity index is 494. The lowest BCUT2D eigenvalue weighted by Gasteiger charge is -2.34. The van der Waals surface area contributed by atoms with Crippen molar-refractivity contribution in [2.24, 2.45) is 5.92 Å². The Balaban J connectivity index is 2.11. The van der Waals surface area contributed by atoms with Crippen molar-refractivity contribution in [1.82, 2.24) is 4.90 Å². The number of nitrogens with zero attached hydrogens (tertiary/aromatic N) is 1. The van der Waals surface area contributed by atoms with E-state index in [1.165, 1.54) is 19.3 Å². The summed E-state index contributed by atoms with van der Waals surface area (Å²) in [6.07, 6.45) is 5.85. The van der Waals surface area contributed by atoms with Gasteiger partial charge in [-0.3, -0.25) is 4.79 Å². The monoisotopic (exact) mass is 290 g/mol. The van der Waals surface area contributed by atoms with E-state index in [0.717, 1.165) is 18.8 Å². The summed E-state index contributed by atoms with van der Waals surface area (Å²) < 4.78 is 5.29. The quantitative estimate of drug-likeness (QED) is 0.865. The summed E-state index contributed by atoms with van der Waals surface area (Å²) in [5.74, 6) is 1.41. The Morgan fingerprint density at radius 2 is 2.00 bits per heavy atom. The highest BCUT2D eigenvalue weighted by Crippen LogP contribution is 2.31. The molecule has 0 bridgehead atoms. The van der Waals surface area contributed by atoms with Crippen molar-refractivity contribution in [3.63, 3.8) is 0 Å². The van der Waals surface area contributed by atoms with Gasteiger partial charge in [0.25, 0.3) is 5.91 Å². The van der Waals surface area contributed by atoms with E-state index in [-0.39, 0.29) is 5.91 Å². The van der Waals surface area contributed by atoms with Crippen LogP contribution in [-0.2, 0) is 0 Å². The number of nitrogens with two attached hydrogens (primary N) is 1. The third kappa shape index (κ3) is 3.49. The Hall–Kier alpha value is -1.71. The third-order valence-corrected chi connectivity index (χ3v) is 4.72. The first kappa shape index (κ1) is 15.7. The molecule has 1 fully saturated rings. The van der Waals surface area contributed by atoms with E-state index < -0.39 is 0 Å². The van der Waals surface area contributed by atoms with Crippen LogP contribution in [0.4, 0.5) is 5.69 Å². The molecule has 4 heteroatoms. The van der Waals surface area contributed by atoms with E-state index in [1.807, 2.05) is 11.9 Å². The number of nitrogen functional groups attached to an aromatic ring is 1. The predicted molar refractivity (Wildman–Crippen MR) is 85.5 cm³/mol. The highest BCUT2D eigenvalue weighted by molar-refractivity contribution is 5.97. The van der Waals surface area contributed by atoms with E-state index in [2.05, 4.69) is 6.92 Å². The van der Waals surface area contributed by atoms with Gasteiger partial charge in [0, 0.05) is 18.8 Å². The summed E-state index contributed by atoms with van der Waals surface area (Å²) >= 11 is 0. The van der Waals surface area contributed by atoms with Gasteiger partial charge in [-0.2, -0.15) is 0 Å². The number of ether oxygens (including phenoxy) is 1. The van der Waals surface area contributed by atoms with E-state index >= 15 is 0 Å². The Morgan fingerprint density at radius 1 is 1.33 bits per heavy atom. The van der Waals surface area contributed by atoms with Crippen molar-refractivity contribution in [2.75, 3.05) is 19.9 Å². The maximum atomic E-state index is 12.7. The first-order valence-corrected chi connectivity index (χ1v) is 7.77. The predicted octanol–water partition coefficient (Wildman–Crippen LogP) is 3.32. The fraction of sp³-hybridized carbons (Fsp3) is 0.588. The van der Waals surface area contributed by atoms with Gasteiger partial charge in [0.05, 0.1) is 12.7 Å². The normalized spacial score (nSPS) is 21.9. The summed E-state index contributed by atoms with van der Waals surface area (Å²) in [5.41, 5.74) is 6.95. The van der Waals surface area contributed by atoms with Crippen molar-refractivity contribution < 1.29 is 9.53 Å². The van der Waals surface area contributed by atoms with E-state index in [4.69, 9.17) is 10.5 Å². The number of carbonyl (C=O) groups is 1. The Labute approximate surface area is 127 Å². The maximum absolute atomic E-state index is 12.7. The minimum absolute atomic E-state index is 0.000835. The first-order valence-electron chi connectivity index (χ1n) is 7.77. The molecule has 0 atom stereocenters. The largest absolute Gasteiger partial charge is 0.496 e. The number of methoxy groups -OCH3 is 1. The van der Waals surface area contributed by atoms with Crippen molar-refractivity contribution in [1.29, 1.82) is 0 Å². The second-order valence-corrected chi connectivity index (χ2v) is 5.96. The molecule has 0 aliphatic heterocycles. The SMILES string of the molecule is CCC1CCC(N(C)C(=O)c2cc(N)ccc2OC)CC1. The van der Waals surface area contributed by atoms with Crippen LogP contribution in [0.2, 0.25) is 0 Å². The molecule has 0 heterocycles. The van der Waals surface area contributed by atoms with Crippen LogP contribution in [0.15, 0.2) is 18.2 Å². The van der Waals surface area contributed by atoms with Gasteiger partial charge in [0.15, 0.2) is 0 Å². The molecule has 1 aliphatic rings. The summed E-state index contributed by atoms with van der Waals surface area (Å²) in [6.45, 7) is 2.25. The number of rotatable bonds is 4. The molecule has 1 aliphatic carbocycles. The molecule has 2 rings (SSSR count).